The van der Waals surface area contributed by atoms with Crippen LogP contribution in [0, 0.1) is 0 Å². The Hall–Kier alpha value is -0.990. The number of nitrogens with zero attached hydrogens (tertiary/aromatic N) is 1. The van der Waals surface area contributed by atoms with E-state index >= 15 is 0 Å². The van der Waals surface area contributed by atoms with E-state index in [1.54, 1.807) is 0 Å². The molecule has 0 aliphatic carbocycles. The van der Waals surface area contributed by atoms with Gasteiger partial charge in [0, 0.05) is 12.8 Å². The molecule has 466 valence electrons. The van der Waals surface area contributed by atoms with Crippen molar-refractivity contribution < 1.29 is 42.1 Å². The Labute approximate surface area is 486 Å². The van der Waals surface area contributed by atoms with Crippen molar-refractivity contribution in [1.82, 2.24) is 0 Å². The normalized spacial score (nSPS) is 13.1. The van der Waals surface area contributed by atoms with Crippen molar-refractivity contribution in [2.45, 2.75) is 380 Å². The van der Waals surface area contributed by atoms with Gasteiger partial charge in [-0.3, -0.25) is 18.6 Å². The van der Waals surface area contributed by atoms with Crippen molar-refractivity contribution in [3.8, 4) is 0 Å². The van der Waals surface area contributed by atoms with Gasteiger partial charge in [-0.15, -0.1) is 0 Å². The Morgan fingerprint density at radius 3 is 0.821 bits per heavy atom. The van der Waals surface area contributed by atoms with E-state index in [9.17, 15) is 19.0 Å². The number of quaternary nitrogens is 1. The Morgan fingerprint density at radius 2 is 0.577 bits per heavy atom. The number of carbonyl (C=O) groups is 2. The van der Waals surface area contributed by atoms with E-state index < -0.39 is 26.5 Å². The molecule has 0 bridgehead atoms. The third-order valence-corrected chi connectivity index (χ3v) is 17.1. The first-order chi connectivity index (χ1) is 38.0. The average molecular weight is 1130 g/mol. The highest BCUT2D eigenvalue weighted by Gasteiger charge is 2.27. The van der Waals surface area contributed by atoms with Crippen LogP contribution < -0.4 is 0 Å². The second kappa shape index (κ2) is 60.6. The second-order valence-electron chi connectivity index (χ2n) is 25.3. The Balaban J connectivity index is 3.96. The number of phosphoric acid groups is 1. The topological polar surface area (TPSA) is 108 Å². The summed E-state index contributed by atoms with van der Waals surface area (Å²) in [5.41, 5.74) is 0. The van der Waals surface area contributed by atoms with Gasteiger partial charge in [-0.1, -0.05) is 348 Å². The summed E-state index contributed by atoms with van der Waals surface area (Å²) in [7, 11) is 1.51. The van der Waals surface area contributed by atoms with E-state index in [0.29, 0.717) is 17.4 Å². The molecule has 2 atom stereocenters. The maximum atomic E-state index is 12.9. The summed E-state index contributed by atoms with van der Waals surface area (Å²) in [6.07, 6.45) is 72.2. The van der Waals surface area contributed by atoms with Crippen molar-refractivity contribution in [3.63, 3.8) is 0 Å². The van der Waals surface area contributed by atoms with Crippen LogP contribution in [0.1, 0.15) is 373 Å². The number of ether oxygens (including phenoxy) is 2. The molecule has 2 unspecified atom stereocenters. The van der Waals surface area contributed by atoms with Crippen LogP contribution in [-0.2, 0) is 32.7 Å². The minimum absolute atomic E-state index is 0.0377. The molecule has 0 aliphatic rings. The first-order valence-electron chi connectivity index (χ1n) is 34.8. The number of likely N-dealkylation sites (N-methyl/N-ethyl adjacent to an activating group) is 1. The molecular formula is C68H137NO8P+. The summed E-state index contributed by atoms with van der Waals surface area (Å²) in [6, 6.07) is 0. The molecule has 1 N–H and O–H groups in total. The highest BCUT2D eigenvalue weighted by atomic mass is 31.2. The Bertz CT molecular complexity index is 1280. The lowest BCUT2D eigenvalue weighted by atomic mass is 10.0. The van der Waals surface area contributed by atoms with E-state index in [1.807, 2.05) is 21.1 Å². The number of rotatable bonds is 66. The minimum atomic E-state index is -4.38. The summed E-state index contributed by atoms with van der Waals surface area (Å²) >= 11 is 0. The highest BCUT2D eigenvalue weighted by molar-refractivity contribution is 7.47. The second-order valence-corrected chi connectivity index (χ2v) is 26.7. The summed E-state index contributed by atoms with van der Waals surface area (Å²) in [6.45, 7) is 4.53. The smallest absolute Gasteiger partial charge is 0.462 e. The summed E-state index contributed by atoms with van der Waals surface area (Å²) in [5.74, 6) is -0.768. The number of hydrogen-bond donors (Lipinski definition) is 1. The fourth-order valence-electron chi connectivity index (χ4n) is 10.8. The van der Waals surface area contributed by atoms with E-state index in [4.69, 9.17) is 18.5 Å². The quantitative estimate of drug-likeness (QED) is 0.0278. The summed E-state index contributed by atoms with van der Waals surface area (Å²) in [4.78, 5) is 35.8. The zero-order valence-corrected chi connectivity index (χ0v) is 54.1. The summed E-state index contributed by atoms with van der Waals surface area (Å²) < 4.78 is 34.7. The first kappa shape index (κ1) is 77.0. The molecule has 0 amide bonds. The molecule has 0 fully saturated rings. The van der Waals surface area contributed by atoms with Crippen LogP contribution in [0.5, 0.6) is 0 Å². The molecule has 0 radical (unpaired) electrons. The molecule has 0 heterocycles. The van der Waals surface area contributed by atoms with Gasteiger partial charge < -0.3 is 18.9 Å². The SMILES string of the molecule is CCCCCCCCCCCCCCCCCCCCCCCCCCCCCCCCCCC(=O)OC(COC(=O)CCCCCCCCCCCCCCCCCCCCCCCC)COP(=O)(O)OCC[N+](C)(C)C. The van der Waals surface area contributed by atoms with Gasteiger partial charge in [0.05, 0.1) is 27.7 Å². The maximum Gasteiger partial charge on any atom is 0.472 e. The monoisotopic (exact) mass is 1130 g/mol. The van der Waals surface area contributed by atoms with Gasteiger partial charge in [-0.05, 0) is 12.8 Å². The van der Waals surface area contributed by atoms with E-state index in [0.717, 1.165) is 38.5 Å². The zero-order valence-electron chi connectivity index (χ0n) is 53.2. The number of carbonyl (C=O) groups excluding carboxylic acids is 2. The van der Waals surface area contributed by atoms with Crippen LogP contribution >= 0.6 is 7.82 Å². The molecule has 0 aromatic rings. The largest absolute Gasteiger partial charge is 0.472 e. The van der Waals surface area contributed by atoms with Gasteiger partial charge in [-0.2, -0.15) is 0 Å². The lowest BCUT2D eigenvalue weighted by molar-refractivity contribution is -0.870. The first-order valence-corrected chi connectivity index (χ1v) is 36.3. The molecular weight excluding hydrogens is 990 g/mol. The van der Waals surface area contributed by atoms with Crippen molar-refractivity contribution >= 4 is 19.8 Å². The minimum Gasteiger partial charge on any atom is -0.462 e. The van der Waals surface area contributed by atoms with Crippen LogP contribution in [0.15, 0.2) is 0 Å². The molecule has 0 aromatic heterocycles. The highest BCUT2D eigenvalue weighted by Crippen LogP contribution is 2.43. The van der Waals surface area contributed by atoms with Gasteiger partial charge in [0.1, 0.15) is 19.8 Å². The predicted octanol–water partition coefficient (Wildman–Crippen LogP) is 22.2. The van der Waals surface area contributed by atoms with E-state index in [2.05, 4.69) is 13.8 Å². The lowest BCUT2D eigenvalue weighted by Crippen LogP contribution is -2.37. The van der Waals surface area contributed by atoms with Crippen LogP contribution in [0.3, 0.4) is 0 Å². The van der Waals surface area contributed by atoms with E-state index in [1.165, 1.54) is 308 Å². The number of unbranched alkanes of at least 4 members (excludes halogenated alkanes) is 52. The van der Waals surface area contributed by atoms with Gasteiger partial charge in [0.15, 0.2) is 6.10 Å². The maximum absolute atomic E-state index is 12.9. The number of phosphoric ester groups is 1. The third-order valence-electron chi connectivity index (χ3n) is 16.1. The Morgan fingerprint density at radius 1 is 0.346 bits per heavy atom. The van der Waals surface area contributed by atoms with Crippen LogP contribution in [-0.4, -0.2) is 74.9 Å². The van der Waals surface area contributed by atoms with Crippen LogP contribution in [0.2, 0.25) is 0 Å². The van der Waals surface area contributed by atoms with Gasteiger partial charge in [-0.25, -0.2) is 4.57 Å². The molecule has 10 heteroatoms. The third kappa shape index (κ3) is 64.2. The zero-order chi connectivity index (χ0) is 57.0. The molecule has 0 saturated carbocycles. The van der Waals surface area contributed by atoms with Gasteiger partial charge >= 0.3 is 19.8 Å². The fourth-order valence-corrected chi connectivity index (χ4v) is 11.5. The average Bonchev–Trinajstić information content (AvgIpc) is 3.41. The molecule has 0 saturated heterocycles. The molecule has 78 heavy (non-hydrogen) atoms. The van der Waals surface area contributed by atoms with Crippen LogP contribution in [0.25, 0.3) is 0 Å². The molecule has 0 rings (SSSR count). The van der Waals surface area contributed by atoms with Crippen LogP contribution in [0.4, 0.5) is 0 Å². The standard InChI is InChI=1S/C68H136NO8P/c1-6-8-10-12-14-16-18-20-22-24-26-28-30-31-32-33-34-35-36-37-38-39-41-43-45-47-49-51-53-55-57-59-61-68(71)77-66(65-76-78(72,73)75-63-62-69(3,4)5)64-74-67(70)60-58-56-54-52-50-48-46-44-42-40-29-27-25-23-21-19-17-15-13-11-9-7-2/h66H,6-65H2,1-5H3/p+1. The van der Waals surface area contributed by atoms with E-state index in [-0.39, 0.29) is 25.6 Å². The molecule has 0 aliphatic heterocycles. The predicted molar refractivity (Wildman–Crippen MR) is 335 cm³/mol. The number of hydrogen-bond acceptors (Lipinski definition) is 7. The van der Waals surface area contributed by atoms with Gasteiger partial charge in [0.2, 0.25) is 0 Å². The van der Waals surface area contributed by atoms with Crippen molar-refractivity contribution in [3.05, 3.63) is 0 Å². The fraction of sp³-hybridized carbons (Fsp3) is 0.971. The van der Waals surface area contributed by atoms with Crippen molar-refractivity contribution in [1.29, 1.82) is 0 Å². The number of esters is 2. The van der Waals surface area contributed by atoms with Crippen molar-refractivity contribution in [2.75, 3.05) is 47.5 Å². The molecule has 9 nitrogen and oxygen atoms in total. The molecule has 0 spiro atoms. The van der Waals surface area contributed by atoms with Crippen molar-refractivity contribution in [2.24, 2.45) is 0 Å². The van der Waals surface area contributed by atoms with Gasteiger partial charge in [0.25, 0.3) is 0 Å². The lowest BCUT2D eigenvalue weighted by Gasteiger charge is -2.24. The molecule has 0 aromatic carbocycles. The Kier molecular flexibility index (Phi) is 59.8. The summed E-state index contributed by atoms with van der Waals surface area (Å²) in [5, 5.41) is 0.